The van der Waals surface area contributed by atoms with Gasteiger partial charge in [0.15, 0.2) is 11.7 Å². The van der Waals surface area contributed by atoms with Crippen molar-refractivity contribution < 1.29 is 13.7 Å². The van der Waals surface area contributed by atoms with E-state index in [-0.39, 0.29) is 17.0 Å². The minimum Gasteiger partial charge on any atom is -0.440 e. The monoisotopic (exact) mass is 293 g/mol. The minimum atomic E-state index is -0.661. The maximum atomic E-state index is 13.1. The Hall–Kier alpha value is -2.28. The van der Waals surface area contributed by atoms with E-state index in [9.17, 15) is 14.5 Å². The van der Waals surface area contributed by atoms with Crippen molar-refractivity contribution in [3.05, 3.63) is 46.2 Å². The van der Waals surface area contributed by atoms with E-state index in [4.69, 9.17) is 4.42 Å². The van der Waals surface area contributed by atoms with Gasteiger partial charge in [-0.15, -0.1) is 0 Å². The molecule has 112 valence electrons. The lowest BCUT2D eigenvalue weighted by Gasteiger charge is -2.05. The molecule has 7 heteroatoms. The van der Waals surface area contributed by atoms with Crippen molar-refractivity contribution in [3.8, 4) is 11.3 Å². The molecular formula is C14H16FN3O3. The molecule has 2 rings (SSSR count). The molecule has 21 heavy (non-hydrogen) atoms. The molecule has 0 aliphatic heterocycles. The van der Waals surface area contributed by atoms with Gasteiger partial charge in [-0.25, -0.2) is 9.37 Å². The van der Waals surface area contributed by atoms with Gasteiger partial charge in [0, 0.05) is 19.0 Å². The zero-order valence-electron chi connectivity index (χ0n) is 11.8. The van der Waals surface area contributed by atoms with E-state index >= 15 is 0 Å². The number of nitro benzene ring substituents is 1. The van der Waals surface area contributed by atoms with Gasteiger partial charge in [-0.3, -0.25) is 10.1 Å². The van der Waals surface area contributed by atoms with E-state index in [0.29, 0.717) is 24.9 Å². The summed E-state index contributed by atoms with van der Waals surface area (Å²) in [5.74, 6) is 0.0874. The second-order valence-corrected chi connectivity index (χ2v) is 4.90. The van der Waals surface area contributed by atoms with Gasteiger partial charge >= 0.3 is 0 Å². The molecule has 0 atom stereocenters. The fourth-order valence-electron chi connectivity index (χ4n) is 1.88. The molecule has 6 nitrogen and oxygen atoms in total. The second kappa shape index (κ2) is 6.45. The van der Waals surface area contributed by atoms with Crippen LogP contribution in [0.3, 0.4) is 0 Å². The van der Waals surface area contributed by atoms with E-state index in [1.807, 2.05) is 13.8 Å². The first-order valence-corrected chi connectivity index (χ1v) is 6.59. The first-order valence-electron chi connectivity index (χ1n) is 6.59. The van der Waals surface area contributed by atoms with Crippen molar-refractivity contribution in [2.75, 3.05) is 6.54 Å². The molecule has 2 aromatic rings. The summed E-state index contributed by atoms with van der Waals surface area (Å²) in [6, 6.07) is 3.71. The molecule has 0 radical (unpaired) electrons. The first-order chi connectivity index (χ1) is 9.97. The molecule has 0 fully saturated rings. The van der Waals surface area contributed by atoms with Crippen LogP contribution in [0.2, 0.25) is 0 Å². The molecular weight excluding hydrogens is 277 g/mol. The summed E-state index contributed by atoms with van der Waals surface area (Å²) in [6.45, 7) is 4.76. The van der Waals surface area contributed by atoms with Gasteiger partial charge in [0.2, 0.25) is 0 Å². The normalized spacial score (nSPS) is 11.0. The summed E-state index contributed by atoms with van der Waals surface area (Å²) in [4.78, 5) is 14.4. The van der Waals surface area contributed by atoms with Crippen LogP contribution < -0.4 is 5.32 Å². The molecule has 0 aliphatic rings. The summed E-state index contributed by atoms with van der Waals surface area (Å²) in [5.41, 5.74) is -0.116. The van der Waals surface area contributed by atoms with Crippen molar-refractivity contribution >= 4 is 5.69 Å². The third-order valence-corrected chi connectivity index (χ3v) is 2.87. The molecule has 0 saturated heterocycles. The molecule has 0 aliphatic carbocycles. The van der Waals surface area contributed by atoms with Gasteiger partial charge in [-0.2, -0.15) is 0 Å². The number of hydrogen-bond acceptors (Lipinski definition) is 5. The summed E-state index contributed by atoms with van der Waals surface area (Å²) in [7, 11) is 0. The second-order valence-electron chi connectivity index (χ2n) is 4.90. The Bertz CT molecular complexity index is 640. The van der Waals surface area contributed by atoms with Crippen LogP contribution in [-0.4, -0.2) is 22.5 Å². The highest BCUT2D eigenvalue weighted by Gasteiger charge is 2.19. The van der Waals surface area contributed by atoms with E-state index in [2.05, 4.69) is 10.3 Å². The van der Waals surface area contributed by atoms with Crippen molar-refractivity contribution in [1.29, 1.82) is 0 Å². The number of halogens is 1. The fourth-order valence-corrected chi connectivity index (χ4v) is 1.88. The Kier molecular flexibility index (Phi) is 4.64. The van der Waals surface area contributed by atoms with Crippen molar-refractivity contribution in [1.82, 2.24) is 10.3 Å². The van der Waals surface area contributed by atoms with Gasteiger partial charge in [-0.05, 0) is 12.1 Å². The molecule has 0 unspecified atom stereocenters. The van der Waals surface area contributed by atoms with E-state index in [0.717, 1.165) is 12.1 Å². The summed E-state index contributed by atoms with van der Waals surface area (Å²) in [5, 5.41) is 14.2. The van der Waals surface area contributed by atoms with Crippen LogP contribution in [0.15, 0.2) is 28.8 Å². The highest BCUT2D eigenvalue weighted by atomic mass is 19.1. The van der Waals surface area contributed by atoms with Crippen molar-refractivity contribution in [2.24, 2.45) is 0 Å². The summed E-state index contributed by atoms with van der Waals surface area (Å²) < 4.78 is 18.6. The molecule has 0 spiro atoms. The van der Waals surface area contributed by atoms with E-state index in [1.54, 1.807) is 0 Å². The van der Waals surface area contributed by atoms with Gasteiger partial charge in [0.25, 0.3) is 5.69 Å². The standard InChI is InChI=1S/C14H16FN3O3/c1-9(2)16-6-5-14-17-8-13(21-14)11-4-3-10(15)7-12(11)18(19)20/h3-4,7-9,16H,5-6H2,1-2H3. The molecule has 0 amide bonds. The van der Waals surface area contributed by atoms with Crippen LogP contribution in [0.5, 0.6) is 0 Å². The van der Waals surface area contributed by atoms with Crippen LogP contribution in [-0.2, 0) is 6.42 Å². The Morgan fingerprint density at radius 2 is 2.24 bits per heavy atom. The number of nitro groups is 1. The Balaban J connectivity index is 2.19. The average molecular weight is 293 g/mol. The maximum absolute atomic E-state index is 13.1. The Labute approximate surface area is 121 Å². The highest BCUT2D eigenvalue weighted by molar-refractivity contribution is 5.68. The molecule has 0 bridgehead atoms. The lowest BCUT2D eigenvalue weighted by molar-refractivity contribution is -0.384. The number of aromatic nitrogens is 1. The summed E-state index contributed by atoms with van der Waals surface area (Å²) >= 11 is 0. The smallest absolute Gasteiger partial charge is 0.283 e. The largest absolute Gasteiger partial charge is 0.440 e. The number of nitrogens with one attached hydrogen (secondary N) is 1. The fraction of sp³-hybridized carbons (Fsp3) is 0.357. The van der Waals surface area contributed by atoms with E-state index < -0.39 is 10.7 Å². The zero-order chi connectivity index (χ0) is 15.4. The zero-order valence-corrected chi connectivity index (χ0v) is 11.8. The maximum Gasteiger partial charge on any atom is 0.283 e. The van der Waals surface area contributed by atoms with E-state index in [1.165, 1.54) is 12.3 Å². The molecule has 1 N–H and O–H groups in total. The number of benzene rings is 1. The number of oxazole rings is 1. The average Bonchev–Trinajstić information content (AvgIpc) is 2.86. The third-order valence-electron chi connectivity index (χ3n) is 2.87. The van der Waals surface area contributed by atoms with Gasteiger partial charge in [0.1, 0.15) is 5.82 Å². The Morgan fingerprint density at radius 1 is 1.48 bits per heavy atom. The number of hydrogen-bond donors (Lipinski definition) is 1. The number of rotatable bonds is 6. The highest BCUT2D eigenvalue weighted by Crippen LogP contribution is 2.30. The SMILES string of the molecule is CC(C)NCCc1ncc(-c2ccc(F)cc2[N+](=O)[O-])o1. The predicted molar refractivity (Wildman–Crippen MR) is 75.4 cm³/mol. The molecule has 1 heterocycles. The topological polar surface area (TPSA) is 81.2 Å². The minimum absolute atomic E-state index is 0.219. The van der Waals surface area contributed by atoms with Gasteiger partial charge < -0.3 is 9.73 Å². The number of nitrogens with zero attached hydrogens (tertiary/aromatic N) is 2. The van der Waals surface area contributed by atoms with Crippen LogP contribution in [0.25, 0.3) is 11.3 Å². The summed E-state index contributed by atoms with van der Waals surface area (Å²) in [6.07, 6.45) is 2.00. The Morgan fingerprint density at radius 3 is 2.90 bits per heavy atom. The first kappa shape index (κ1) is 15.1. The van der Waals surface area contributed by atoms with Crippen molar-refractivity contribution in [2.45, 2.75) is 26.3 Å². The lowest BCUT2D eigenvalue weighted by atomic mass is 10.1. The van der Waals surface area contributed by atoms with Crippen LogP contribution in [0.4, 0.5) is 10.1 Å². The van der Waals surface area contributed by atoms with Crippen LogP contribution in [0.1, 0.15) is 19.7 Å². The lowest BCUT2D eigenvalue weighted by Crippen LogP contribution is -2.24. The van der Waals surface area contributed by atoms with Gasteiger partial charge in [-0.1, -0.05) is 13.8 Å². The van der Waals surface area contributed by atoms with Gasteiger partial charge in [0.05, 0.1) is 22.7 Å². The van der Waals surface area contributed by atoms with Crippen LogP contribution >= 0.6 is 0 Å². The van der Waals surface area contributed by atoms with Crippen molar-refractivity contribution in [3.63, 3.8) is 0 Å². The molecule has 0 saturated carbocycles. The molecule has 1 aromatic carbocycles. The quantitative estimate of drug-likeness (QED) is 0.654. The third kappa shape index (κ3) is 3.85. The predicted octanol–water partition coefficient (Wildman–Crippen LogP) is 2.93. The van der Waals surface area contributed by atoms with Crippen LogP contribution in [0, 0.1) is 15.9 Å². The molecule has 1 aromatic heterocycles.